The number of hydrogen-bond acceptors (Lipinski definition) is 5. The molecule has 0 aromatic heterocycles. The predicted molar refractivity (Wildman–Crippen MR) is 108 cm³/mol. The molecular weight excluding hydrogens is 340 g/mol. The molecule has 2 unspecified atom stereocenters. The predicted octanol–water partition coefficient (Wildman–Crippen LogP) is 2.93. The minimum absolute atomic E-state index is 0.146. The summed E-state index contributed by atoms with van der Waals surface area (Å²) in [5.74, 6) is 0. The summed E-state index contributed by atoms with van der Waals surface area (Å²) in [6.07, 6.45) is 3.31. The summed E-state index contributed by atoms with van der Waals surface area (Å²) in [4.78, 5) is 19.5. The van der Waals surface area contributed by atoms with Crippen LogP contribution in [0.1, 0.15) is 40.0 Å². The highest BCUT2D eigenvalue weighted by Gasteiger charge is 2.48. The molecule has 1 amide bonds. The number of rotatable bonds is 2. The molecular formula is C21H32N4O2. The molecule has 1 aromatic rings. The number of carbonyl (C=O) groups excluding carboxylic acids is 1. The van der Waals surface area contributed by atoms with Gasteiger partial charge in [0.05, 0.1) is 0 Å². The Bertz CT molecular complexity index is 676. The van der Waals surface area contributed by atoms with Gasteiger partial charge in [0.15, 0.2) is 0 Å². The summed E-state index contributed by atoms with van der Waals surface area (Å²) in [5, 5.41) is 0. The lowest BCUT2D eigenvalue weighted by Crippen LogP contribution is -2.55. The van der Waals surface area contributed by atoms with Gasteiger partial charge in [-0.1, -0.05) is 0 Å². The van der Waals surface area contributed by atoms with Crippen LogP contribution < -0.4 is 10.6 Å². The molecule has 2 N–H and O–H groups in total. The van der Waals surface area contributed by atoms with Crippen LogP contribution in [0.5, 0.6) is 0 Å². The molecule has 0 saturated carbocycles. The fourth-order valence-corrected chi connectivity index (χ4v) is 4.83. The second kappa shape index (κ2) is 6.89. The van der Waals surface area contributed by atoms with Gasteiger partial charge in [-0.3, -0.25) is 4.90 Å². The van der Waals surface area contributed by atoms with Crippen LogP contribution in [0.15, 0.2) is 24.3 Å². The molecule has 6 nitrogen and oxygen atoms in total. The van der Waals surface area contributed by atoms with Crippen molar-refractivity contribution >= 4 is 17.5 Å². The molecule has 2 atom stereocenters. The highest BCUT2D eigenvalue weighted by atomic mass is 16.6. The lowest BCUT2D eigenvalue weighted by molar-refractivity contribution is 0.00772. The van der Waals surface area contributed by atoms with Crippen molar-refractivity contribution in [2.75, 3.05) is 36.8 Å². The third-order valence-corrected chi connectivity index (χ3v) is 6.10. The number of nitrogens with two attached hydrogens (primary N) is 1. The Morgan fingerprint density at radius 2 is 1.70 bits per heavy atom. The normalized spacial score (nSPS) is 26.6. The summed E-state index contributed by atoms with van der Waals surface area (Å²) >= 11 is 0. The highest BCUT2D eigenvalue weighted by Crippen LogP contribution is 2.36. The molecule has 148 valence electrons. The maximum Gasteiger partial charge on any atom is 0.410 e. The largest absolute Gasteiger partial charge is 0.444 e. The Kier molecular flexibility index (Phi) is 4.70. The molecule has 6 heteroatoms. The van der Waals surface area contributed by atoms with Crippen LogP contribution >= 0.6 is 0 Å². The molecule has 1 aromatic carbocycles. The van der Waals surface area contributed by atoms with Crippen LogP contribution in [0.3, 0.4) is 0 Å². The number of carbonyl (C=O) groups is 1. The summed E-state index contributed by atoms with van der Waals surface area (Å²) in [7, 11) is 0. The third-order valence-electron chi connectivity index (χ3n) is 6.10. The zero-order chi connectivity index (χ0) is 19.2. The first-order chi connectivity index (χ1) is 12.8. The quantitative estimate of drug-likeness (QED) is 0.809. The Morgan fingerprint density at radius 1 is 1.04 bits per heavy atom. The first-order valence-electron chi connectivity index (χ1n) is 10.2. The molecule has 0 spiro atoms. The number of piperidine rings is 1. The minimum atomic E-state index is -0.423. The average molecular weight is 373 g/mol. The fourth-order valence-electron chi connectivity index (χ4n) is 4.83. The lowest BCUT2D eigenvalue weighted by atomic mass is 10.0. The zero-order valence-electron chi connectivity index (χ0n) is 16.7. The van der Waals surface area contributed by atoms with Gasteiger partial charge in [-0.2, -0.15) is 0 Å². The first kappa shape index (κ1) is 18.4. The molecule has 0 radical (unpaired) electrons. The van der Waals surface area contributed by atoms with Gasteiger partial charge in [0.1, 0.15) is 5.60 Å². The molecule has 2 bridgehead atoms. The summed E-state index contributed by atoms with van der Waals surface area (Å²) in [5.41, 5.74) is 7.46. The second-order valence-corrected chi connectivity index (χ2v) is 9.18. The van der Waals surface area contributed by atoms with Crippen LogP contribution in [-0.2, 0) is 4.74 Å². The summed E-state index contributed by atoms with van der Waals surface area (Å²) in [6.45, 7) is 9.77. The number of nitrogens with zero attached hydrogens (tertiary/aromatic N) is 3. The van der Waals surface area contributed by atoms with Crippen molar-refractivity contribution in [2.45, 2.75) is 63.8 Å². The van der Waals surface area contributed by atoms with Gasteiger partial charge in [0, 0.05) is 55.7 Å². The van der Waals surface area contributed by atoms with E-state index in [0.29, 0.717) is 18.1 Å². The van der Waals surface area contributed by atoms with Crippen molar-refractivity contribution in [3.8, 4) is 0 Å². The number of nitrogen functional groups attached to an aromatic ring is 1. The maximum absolute atomic E-state index is 12.4. The highest BCUT2D eigenvalue weighted by molar-refractivity contribution is 5.69. The van der Waals surface area contributed by atoms with Crippen molar-refractivity contribution in [3.63, 3.8) is 0 Å². The van der Waals surface area contributed by atoms with E-state index < -0.39 is 5.60 Å². The van der Waals surface area contributed by atoms with Gasteiger partial charge in [-0.05, 0) is 64.3 Å². The van der Waals surface area contributed by atoms with E-state index in [-0.39, 0.29) is 6.09 Å². The van der Waals surface area contributed by atoms with E-state index >= 15 is 0 Å². The van der Waals surface area contributed by atoms with Crippen LogP contribution in [0.25, 0.3) is 0 Å². The molecule has 3 fully saturated rings. The second-order valence-electron chi connectivity index (χ2n) is 9.18. The average Bonchev–Trinajstić information content (AvgIpc) is 3.22. The van der Waals surface area contributed by atoms with Gasteiger partial charge in [0.25, 0.3) is 0 Å². The van der Waals surface area contributed by atoms with Gasteiger partial charge in [-0.25, -0.2) is 4.79 Å². The summed E-state index contributed by atoms with van der Waals surface area (Å²) in [6, 6.07) is 9.64. The Morgan fingerprint density at radius 3 is 2.26 bits per heavy atom. The van der Waals surface area contributed by atoms with Gasteiger partial charge < -0.3 is 20.3 Å². The molecule has 3 saturated heterocycles. The standard InChI is InChI=1S/C21H32N4O2/c1-21(2,3)27-20(26)25-14-18-12-19(25)13-24(18)17-8-10-23(11-9-17)16-6-4-15(22)5-7-16/h4-7,17-19H,8-14,22H2,1-3H3. The smallest absolute Gasteiger partial charge is 0.410 e. The number of piperazine rings is 1. The molecule has 27 heavy (non-hydrogen) atoms. The number of fused-ring (bicyclic) bond motifs is 2. The molecule has 3 aliphatic rings. The van der Waals surface area contributed by atoms with E-state index in [0.717, 1.165) is 38.3 Å². The van der Waals surface area contributed by atoms with Crippen LogP contribution in [0, 0.1) is 0 Å². The van der Waals surface area contributed by atoms with Crippen molar-refractivity contribution in [1.82, 2.24) is 9.80 Å². The van der Waals surface area contributed by atoms with Gasteiger partial charge >= 0.3 is 6.09 Å². The van der Waals surface area contributed by atoms with E-state index in [1.54, 1.807) is 0 Å². The maximum atomic E-state index is 12.4. The number of likely N-dealkylation sites (tertiary alicyclic amines) is 2. The van der Waals surface area contributed by atoms with Crippen molar-refractivity contribution in [2.24, 2.45) is 0 Å². The summed E-state index contributed by atoms with van der Waals surface area (Å²) < 4.78 is 5.58. The van der Waals surface area contributed by atoms with Crippen molar-refractivity contribution in [3.05, 3.63) is 24.3 Å². The monoisotopic (exact) mass is 372 g/mol. The van der Waals surface area contributed by atoms with Gasteiger partial charge in [0.2, 0.25) is 0 Å². The van der Waals surface area contributed by atoms with Crippen molar-refractivity contribution < 1.29 is 9.53 Å². The molecule has 0 aliphatic carbocycles. The van der Waals surface area contributed by atoms with Crippen LogP contribution in [0.2, 0.25) is 0 Å². The van der Waals surface area contributed by atoms with Crippen molar-refractivity contribution in [1.29, 1.82) is 0 Å². The van der Waals surface area contributed by atoms with E-state index in [2.05, 4.69) is 21.9 Å². The van der Waals surface area contributed by atoms with E-state index in [9.17, 15) is 4.79 Å². The number of anilines is 2. The third kappa shape index (κ3) is 3.86. The number of amides is 1. The lowest BCUT2D eigenvalue weighted by Gasteiger charge is -2.43. The van der Waals surface area contributed by atoms with Crippen LogP contribution in [0.4, 0.5) is 16.2 Å². The zero-order valence-corrected chi connectivity index (χ0v) is 16.7. The van der Waals surface area contributed by atoms with E-state index in [4.69, 9.17) is 10.5 Å². The minimum Gasteiger partial charge on any atom is -0.444 e. The molecule has 4 rings (SSSR count). The van der Waals surface area contributed by atoms with E-state index in [1.807, 2.05) is 37.8 Å². The SMILES string of the molecule is CC(C)(C)OC(=O)N1CC2CC1CN2C1CCN(c2ccc(N)cc2)CC1. The Labute approximate surface area is 162 Å². The molecule has 3 aliphatic heterocycles. The number of benzene rings is 1. The number of ether oxygens (including phenoxy) is 1. The van der Waals surface area contributed by atoms with Crippen LogP contribution in [-0.4, -0.2) is 65.8 Å². The Balaban J connectivity index is 1.30. The Hall–Kier alpha value is -1.95. The fraction of sp³-hybridized carbons (Fsp3) is 0.667. The topological polar surface area (TPSA) is 62.0 Å². The molecule has 3 heterocycles. The van der Waals surface area contributed by atoms with Gasteiger partial charge in [-0.15, -0.1) is 0 Å². The first-order valence-corrected chi connectivity index (χ1v) is 10.2. The number of hydrogen-bond donors (Lipinski definition) is 1. The van der Waals surface area contributed by atoms with E-state index in [1.165, 1.54) is 18.5 Å².